The number of carbonyl (C=O) groups excluding carboxylic acids is 1. The molecule has 0 aliphatic carbocycles. The summed E-state index contributed by atoms with van der Waals surface area (Å²) in [4.78, 5) is 10.9. The summed E-state index contributed by atoms with van der Waals surface area (Å²) in [5, 5.41) is 18.5. The van der Waals surface area contributed by atoms with Crippen LogP contribution in [-0.2, 0) is 20.7 Å². The Balaban J connectivity index is 3.77. The minimum Gasteiger partial charge on any atom is -0.612 e. The van der Waals surface area contributed by atoms with Gasteiger partial charge in [-0.05, 0) is 17.3 Å². The number of aliphatic hydroxyl groups is 2. The van der Waals surface area contributed by atoms with Crippen LogP contribution in [-0.4, -0.2) is 45.8 Å². The van der Waals surface area contributed by atoms with Gasteiger partial charge in [-0.3, -0.25) is 0 Å². The van der Waals surface area contributed by atoms with Crippen molar-refractivity contribution < 1.29 is 24.3 Å². The number of esters is 1. The molecule has 0 saturated carbocycles. The molecular formula is C9H14O5S. The van der Waals surface area contributed by atoms with E-state index in [2.05, 4.69) is 11.3 Å². The molecule has 86 valence electrons. The second-order valence-corrected chi connectivity index (χ2v) is 3.97. The van der Waals surface area contributed by atoms with Crippen molar-refractivity contribution in [2.24, 2.45) is 0 Å². The molecule has 0 aliphatic rings. The number of aliphatic hydroxyl groups excluding tert-OH is 2. The van der Waals surface area contributed by atoms with Gasteiger partial charge in [-0.15, -0.1) is 0 Å². The fraction of sp³-hybridized carbons (Fsp3) is 0.444. The molecule has 2 N–H and O–H groups in total. The maximum absolute atomic E-state index is 11.0. The Morgan fingerprint density at radius 2 is 2.33 bits per heavy atom. The van der Waals surface area contributed by atoms with E-state index in [0.717, 1.165) is 6.08 Å². The third-order valence-electron chi connectivity index (χ3n) is 1.27. The molecule has 2 unspecified atom stereocenters. The van der Waals surface area contributed by atoms with Crippen molar-refractivity contribution in [3.63, 3.8) is 0 Å². The Hall–Kier alpha value is -0.820. The molecule has 0 aromatic heterocycles. The number of rotatable bonds is 7. The summed E-state index contributed by atoms with van der Waals surface area (Å²) in [5.41, 5.74) is 0. The predicted molar refractivity (Wildman–Crippen MR) is 56.4 cm³/mol. The molecule has 0 fully saturated rings. The summed E-state index contributed by atoms with van der Waals surface area (Å²) in [7, 11) is 0. The van der Waals surface area contributed by atoms with Gasteiger partial charge in [0, 0.05) is 0 Å². The zero-order chi connectivity index (χ0) is 11.7. The van der Waals surface area contributed by atoms with Gasteiger partial charge in [-0.2, -0.15) is 0 Å². The van der Waals surface area contributed by atoms with Crippen molar-refractivity contribution in [2.75, 3.05) is 19.0 Å². The molecule has 0 heterocycles. The van der Waals surface area contributed by atoms with Gasteiger partial charge in [0.25, 0.3) is 0 Å². The van der Waals surface area contributed by atoms with E-state index in [4.69, 9.17) is 10.2 Å². The van der Waals surface area contributed by atoms with E-state index >= 15 is 0 Å². The minimum absolute atomic E-state index is 0.267. The van der Waals surface area contributed by atoms with E-state index in [1.807, 2.05) is 0 Å². The molecule has 0 aromatic carbocycles. The van der Waals surface area contributed by atoms with Gasteiger partial charge >= 0.3 is 5.97 Å². The number of ether oxygens (including phenoxy) is 1. The van der Waals surface area contributed by atoms with Crippen LogP contribution in [0.15, 0.2) is 24.1 Å². The molecule has 2 atom stereocenters. The van der Waals surface area contributed by atoms with Crippen LogP contribution >= 0.6 is 0 Å². The van der Waals surface area contributed by atoms with Crippen molar-refractivity contribution in [3.8, 4) is 0 Å². The normalized spacial score (nSPS) is 14.9. The highest BCUT2D eigenvalue weighted by molar-refractivity contribution is 7.94. The number of hydrogen-bond acceptors (Lipinski definition) is 5. The highest BCUT2D eigenvalue weighted by atomic mass is 32.2. The smallest absolute Gasteiger partial charge is 0.335 e. The third kappa shape index (κ3) is 8.19. The summed E-state index contributed by atoms with van der Waals surface area (Å²) in [6.07, 6.45) is 1.41. The Bertz CT molecular complexity index is 229. The quantitative estimate of drug-likeness (QED) is 0.264. The molecule has 0 bridgehead atoms. The fourth-order valence-corrected chi connectivity index (χ4v) is 1.19. The van der Waals surface area contributed by atoms with Gasteiger partial charge in [-0.25, -0.2) is 4.79 Å². The van der Waals surface area contributed by atoms with Crippen LogP contribution in [0.25, 0.3) is 0 Å². The van der Waals surface area contributed by atoms with E-state index in [-0.39, 0.29) is 12.4 Å². The number of hydrogen-bond donors (Lipinski definition) is 2. The molecule has 0 amide bonds. The van der Waals surface area contributed by atoms with Gasteiger partial charge in [0.15, 0.2) is 0 Å². The van der Waals surface area contributed by atoms with E-state index in [9.17, 15) is 9.35 Å². The van der Waals surface area contributed by atoms with Crippen molar-refractivity contribution in [1.29, 1.82) is 0 Å². The summed E-state index contributed by atoms with van der Waals surface area (Å²) in [5.74, 6) is -0.442. The van der Waals surface area contributed by atoms with E-state index in [1.165, 1.54) is 11.5 Å². The topological polar surface area (TPSA) is 89.8 Å². The Morgan fingerprint density at radius 3 is 2.87 bits per heavy atom. The molecule has 15 heavy (non-hydrogen) atoms. The first-order valence-electron chi connectivity index (χ1n) is 4.22. The zero-order valence-corrected chi connectivity index (χ0v) is 8.98. The lowest BCUT2D eigenvalue weighted by atomic mass is 10.4. The average molecular weight is 234 g/mol. The van der Waals surface area contributed by atoms with Crippen molar-refractivity contribution in [2.45, 2.75) is 6.10 Å². The van der Waals surface area contributed by atoms with Crippen molar-refractivity contribution in [3.05, 3.63) is 24.1 Å². The van der Waals surface area contributed by atoms with E-state index in [1.54, 1.807) is 0 Å². The van der Waals surface area contributed by atoms with Gasteiger partial charge in [-0.1, -0.05) is 6.58 Å². The van der Waals surface area contributed by atoms with Crippen LogP contribution in [0, 0.1) is 0 Å². The molecular weight excluding hydrogens is 220 g/mol. The molecule has 5 nitrogen and oxygen atoms in total. The van der Waals surface area contributed by atoms with Crippen LogP contribution < -0.4 is 0 Å². The highest BCUT2D eigenvalue weighted by Crippen LogP contribution is 1.94. The molecule has 0 saturated heterocycles. The maximum atomic E-state index is 11.0. The lowest BCUT2D eigenvalue weighted by molar-refractivity contribution is -0.141. The Kier molecular flexibility index (Phi) is 8.02. The highest BCUT2D eigenvalue weighted by Gasteiger charge is 2.06. The van der Waals surface area contributed by atoms with Crippen LogP contribution in [0.5, 0.6) is 0 Å². The lowest BCUT2D eigenvalue weighted by Gasteiger charge is -2.06. The van der Waals surface area contributed by atoms with Gasteiger partial charge in [0.1, 0.15) is 23.9 Å². The molecule has 0 aliphatic heterocycles. The Labute approximate surface area is 91.2 Å². The van der Waals surface area contributed by atoms with Crippen LogP contribution in [0.4, 0.5) is 0 Å². The largest absolute Gasteiger partial charge is 0.612 e. The van der Waals surface area contributed by atoms with E-state index < -0.39 is 29.9 Å². The standard InChI is InChI=1S/C9H14O5S/c1-2-4-15(13)5-3-9(12)14-7-8(11)6-10/h2-3,5,8,10-11H,1,4,6-7H2. The summed E-state index contributed by atoms with van der Waals surface area (Å²) in [6, 6.07) is 0. The van der Waals surface area contributed by atoms with Gasteiger partial charge in [0.2, 0.25) is 0 Å². The second kappa shape index (κ2) is 8.49. The van der Waals surface area contributed by atoms with Crippen LogP contribution in [0.2, 0.25) is 0 Å². The number of carbonyl (C=O) groups is 1. The predicted octanol–water partition coefficient (Wildman–Crippen LogP) is -0.669. The fourth-order valence-electron chi connectivity index (χ4n) is 0.582. The average Bonchev–Trinajstić information content (AvgIpc) is 2.23. The summed E-state index contributed by atoms with van der Waals surface area (Å²) in [6.45, 7) is 2.64. The van der Waals surface area contributed by atoms with Gasteiger partial charge < -0.3 is 19.5 Å². The van der Waals surface area contributed by atoms with Crippen LogP contribution in [0.3, 0.4) is 0 Å². The summed E-state index contributed by atoms with van der Waals surface area (Å²) >= 11 is -1.27. The monoisotopic (exact) mass is 234 g/mol. The first-order valence-corrected chi connectivity index (χ1v) is 5.60. The third-order valence-corrected chi connectivity index (χ3v) is 2.27. The summed E-state index contributed by atoms with van der Waals surface area (Å²) < 4.78 is 15.5. The first kappa shape index (κ1) is 14.2. The van der Waals surface area contributed by atoms with Crippen LogP contribution in [0.1, 0.15) is 0 Å². The van der Waals surface area contributed by atoms with Gasteiger partial charge in [0.05, 0.1) is 12.7 Å². The van der Waals surface area contributed by atoms with Crippen molar-refractivity contribution >= 4 is 17.1 Å². The van der Waals surface area contributed by atoms with E-state index in [0.29, 0.717) is 0 Å². The maximum Gasteiger partial charge on any atom is 0.335 e. The lowest BCUT2D eigenvalue weighted by Crippen LogP contribution is -2.21. The van der Waals surface area contributed by atoms with Crippen molar-refractivity contribution in [1.82, 2.24) is 0 Å². The molecule has 6 heteroatoms. The second-order valence-electron chi connectivity index (χ2n) is 2.61. The zero-order valence-electron chi connectivity index (χ0n) is 8.17. The first-order chi connectivity index (χ1) is 7.10. The minimum atomic E-state index is -1.27. The SMILES string of the molecule is C=CC[S+]([O-])C=CC(=O)OCC(O)CO. The molecule has 0 spiro atoms. The molecule has 0 aromatic rings. The molecule has 0 rings (SSSR count). The molecule has 0 radical (unpaired) electrons. The Morgan fingerprint density at radius 1 is 1.67 bits per heavy atom.